The maximum absolute atomic E-state index is 11.0. The van der Waals surface area contributed by atoms with Gasteiger partial charge in [0.05, 0.1) is 4.92 Å². The van der Waals surface area contributed by atoms with E-state index < -0.39 is 4.92 Å². The van der Waals surface area contributed by atoms with Gasteiger partial charge in [0.25, 0.3) is 0 Å². The summed E-state index contributed by atoms with van der Waals surface area (Å²) >= 11 is 0. The number of hydrogen-bond donors (Lipinski definition) is 1. The van der Waals surface area contributed by atoms with E-state index in [0.29, 0.717) is 17.7 Å². The summed E-state index contributed by atoms with van der Waals surface area (Å²) in [6.07, 6.45) is 3.07. The Morgan fingerprint density at radius 2 is 2.41 bits per heavy atom. The van der Waals surface area contributed by atoms with Crippen molar-refractivity contribution in [2.45, 2.75) is 32.2 Å². The second-order valence-corrected chi connectivity index (χ2v) is 4.23. The van der Waals surface area contributed by atoms with Crippen LogP contribution in [0.15, 0.2) is 12.1 Å². The van der Waals surface area contributed by atoms with Crippen molar-refractivity contribution in [2.75, 3.05) is 17.2 Å². The van der Waals surface area contributed by atoms with Crippen molar-refractivity contribution in [1.29, 1.82) is 0 Å². The first-order valence-electron chi connectivity index (χ1n) is 5.81. The normalized spacial score (nSPS) is 19.6. The number of rotatable bonds is 3. The van der Waals surface area contributed by atoms with Crippen LogP contribution < -0.4 is 10.6 Å². The molecule has 2 heterocycles. The third-order valence-corrected chi connectivity index (χ3v) is 3.19. The molecule has 1 unspecified atom stereocenters. The Morgan fingerprint density at radius 3 is 3.06 bits per heavy atom. The molecule has 6 heteroatoms. The molecule has 0 aromatic carbocycles. The smallest absolute Gasteiger partial charge is 0.311 e. The molecule has 1 atom stereocenters. The lowest BCUT2D eigenvalue weighted by Gasteiger charge is -2.24. The van der Waals surface area contributed by atoms with Crippen LogP contribution in [0.5, 0.6) is 0 Å². The molecule has 0 spiro atoms. The highest BCUT2D eigenvalue weighted by Gasteiger charge is 2.29. The number of aromatic nitrogens is 1. The number of nitrogens with zero attached hydrogens (tertiary/aromatic N) is 3. The summed E-state index contributed by atoms with van der Waals surface area (Å²) < 4.78 is 0. The number of hydrogen-bond acceptors (Lipinski definition) is 5. The third-order valence-electron chi connectivity index (χ3n) is 3.19. The molecular formula is C11H16N4O2. The molecule has 1 aromatic rings. The van der Waals surface area contributed by atoms with Gasteiger partial charge in [0, 0.05) is 18.7 Å². The lowest BCUT2D eigenvalue weighted by molar-refractivity contribution is -0.384. The number of nitrogens with two attached hydrogens (primary N) is 1. The summed E-state index contributed by atoms with van der Waals surface area (Å²) in [5.41, 5.74) is 5.66. The van der Waals surface area contributed by atoms with Gasteiger partial charge in [-0.05, 0) is 25.3 Å². The highest BCUT2D eigenvalue weighted by molar-refractivity contribution is 5.62. The number of pyridine rings is 1. The van der Waals surface area contributed by atoms with E-state index in [-0.39, 0.29) is 5.69 Å². The molecule has 1 saturated heterocycles. The van der Waals surface area contributed by atoms with Crippen LogP contribution in [0.4, 0.5) is 17.3 Å². The fourth-order valence-electron chi connectivity index (χ4n) is 2.35. The van der Waals surface area contributed by atoms with Crippen molar-refractivity contribution < 1.29 is 4.92 Å². The van der Waals surface area contributed by atoms with Crippen molar-refractivity contribution in [2.24, 2.45) is 0 Å². The zero-order valence-corrected chi connectivity index (χ0v) is 9.80. The minimum absolute atomic E-state index is 0.0413. The van der Waals surface area contributed by atoms with E-state index in [1.54, 1.807) is 0 Å². The molecule has 17 heavy (non-hydrogen) atoms. The van der Waals surface area contributed by atoms with Crippen LogP contribution >= 0.6 is 0 Å². The maximum atomic E-state index is 11.0. The Bertz CT molecular complexity index is 435. The van der Waals surface area contributed by atoms with E-state index in [2.05, 4.69) is 11.9 Å². The van der Waals surface area contributed by atoms with Gasteiger partial charge in [-0.3, -0.25) is 10.1 Å². The van der Waals surface area contributed by atoms with E-state index in [4.69, 9.17) is 5.73 Å². The molecule has 92 valence electrons. The van der Waals surface area contributed by atoms with Crippen molar-refractivity contribution in [3.63, 3.8) is 0 Å². The van der Waals surface area contributed by atoms with Gasteiger partial charge in [-0.25, -0.2) is 4.98 Å². The molecule has 6 nitrogen and oxygen atoms in total. The van der Waals surface area contributed by atoms with Gasteiger partial charge in [-0.1, -0.05) is 6.92 Å². The first-order chi connectivity index (χ1) is 8.13. The van der Waals surface area contributed by atoms with Crippen LogP contribution in [-0.4, -0.2) is 22.5 Å². The van der Waals surface area contributed by atoms with Crippen molar-refractivity contribution in [1.82, 2.24) is 4.98 Å². The Hall–Kier alpha value is -1.85. The Labute approximate surface area is 99.6 Å². The fourth-order valence-corrected chi connectivity index (χ4v) is 2.35. The number of anilines is 2. The van der Waals surface area contributed by atoms with E-state index in [9.17, 15) is 10.1 Å². The van der Waals surface area contributed by atoms with Crippen LogP contribution in [0.25, 0.3) is 0 Å². The van der Waals surface area contributed by atoms with Crippen molar-refractivity contribution in [3.8, 4) is 0 Å². The summed E-state index contributed by atoms with van der Waals surface area (Å²) in [5.74, 6) is 0.742. The lowest BCUT2D eigenvalue weighted by atomic mass is 10.1. The summed E-state index contributed by atoms with van der Waals surface area (Å²) in [4.78, 5) is 16.7. The Kier molecular flexibility index (Phi) is 3.12. The summed E-state index contributed by atoms with van der Waals surface area (Å²) in [5, 5.41) is 11.0. The molecule has 0 radical (unpaired) electrons. The first-order valence-corrected chi connectivity index (χ1v) is 5.81. The van der Waals surface area contributed by atoms with Gasteiger partial charge >= 0.3 is 5.69 Å². The van der Waals surface area contributed by atoms with Crippen LogP contribution in [-0.2, 0) is 0 Å². The minimum atomic E-state index is -0.396. The first kappa shape index (κ1) is 11.6. The predicted octanol–water partition coefficient (Wildman–Crippen LogP) is 1.95. The Morgan fingerprint density at radius 1 is 1.65 bits per heavy atom. The van der Waals surface area contributed by atoms with Crippen LogP contribution in [0, 0.1) is 10.1 Å². The predicted molar refractivity (Wildman–Crippen MR) is 66.0 cm³/mol. The van der Waals surface area contributed by atoms with E-state index in [1.807, 2.05) is 4.90 Å². The minimum Gasteiger partial charge on any atom is -0.384 e. The average Bonchev–Trinajstić information content (AvgIpc) is 2.76. The number of nitro groups is 1. The lowest BCUT2D eigenvalue weighted by Crippen LogP contribution is -2.30. The highest BCUT2D eigenvalue weighted by Crippen LogP contribution is 2.33. The third kappa shape index (κ3) is 2.15. The molecule has 1 fully saturated rings. The second-order valence-electron chi connectivity index (χ2n) is 4.23. The average molecular weight is 236 g/mol. The molecular weight excluding hydrogens is 220 g/mol. The largest absolute Gasteiger partial charge is 0.384 e. The summed E-state index contributed by atoms with van der Waals surface area (Å²) in [7, 11) is 0. The molecule has 0 aliphatic carbocycles. The maximum Gasteiger partial charge on any atom is 0.311 e. The van der Waals surface area contributed by atoms with Gasteiger partial charge in [-0.2, -0.15) is 0 Å². The molecule has 0 bridgehead atoms. The topological polar surface area (TPSA) is 85.3 Å². The fraction of sp³-hybridized carbons (Fsp3) is 0.545. The second kappa shape index (κ2) is 4.57. The molecule has 0 saturated carbocycles. The molecule has 0 amide bonds. The zero-order chi connectivity index (χ0) is 12.4. The van der Waals surface area contributed by atoms with Crippen LogP contribution in [0.2, 0.25) is 0 Å². The molecule has 2 rings (SSSR count). The van der Waals surface area contributed by atoms with Crippen LogP contribution in [0.3, 0.4) is 0 Å². The number of nitrogen functional groups attached to an aromatic ring is 1. The zero-order valence-electron chi connectivity index (χ0n) is 9.80. The van der Waals surface area contributed by atoms with Crippen LogP contribution in [0.1, 0.15) is 26.2 Å². The quantitative estimate of drug-likeness (QED) is 0.640. The van der Waals surface area contributed by atoms with E-state index in [0.717, 1.165) is 25.8 Å². The standard InChI is InChI=1S/C11H16N4O2/c1-2-8-4-3-7-14(8)11-9(15(16)17)5-6-10(12)13-11/h5-6,8H,2-4,7H2,1H3,(H2,12,13). The van der Waals surface area contributed by atoms with Crippen molar-refractivity contribution >= 4 is 17.3 Å². The molecule has 1 aliphatic rings. The van der Waals surface area contributed by atoms with Gasteiger partial charge in [-0.15, -0.1) is 0 Å². The molecule has 1 aromatic heterocycles. The van der Waals surface area contributed by atoms with Gasteiger partial charge in [0.1, 0.15) is 5.82 Å². The monoisotopic (exact) mass is 236 g/mol. The Balaban J connectivity index is 2.42. The highest BCUT2D eigenvalue weighted by atomic mass is 16.6. The SMILES string of the molecule is CCC1CCCN1c1nc(N)ccc1[N+](=O)[O-]. The van der Waals surface area contributed by atoms with E-state index >= 15 is 0 Å². The van der Waals surface area contributed by atoms with Gasteiger partial charge in [0.15, 0.2) is 0 Å². The van der Waals surface area contributed by atoms with E-state index in [1.165, 1.54) is 12.1 Å². The van der Waals surface area contributed by atoms with Gasteiger partial charge in [0.2, 0.25) is 5.82 Å². The molecule has 2 N–H and O–H groups in total. The molecule has 1 aliphatic heterocycles. The van der Waals surface area contributed by atoms with Gasteiger partial charge < -0.3 is 10.6 Å². The summed E-state index contributed by atoms with van der Waals surface area (Å²) in [6, 6.07) is 3.24. The summed E-state index contributed by atoms with van der Waals surface area (Å²) in [6.45, 7) is 2.90. The van der Waals surface area contributed by atoms with Crippen molar-refractivity contribution in [3.05, 3.63) is 22.2 Å².